The van der Waals surface area contributed by atoms with Crippen LogP contribution in [0.1, 0.15) is 47.9 Å². The van der Waals surface area contributed by atoms with Gasteiger partial charge in [0.15, 0.2) is 0 Å². The van der Waals surface area contributed by atoms with E-state index in [1.165, 1.54) is 0 Å². The Morgan fingerprint density at radius 3 is 2.76 bits per heavy atom. The standard InChI is InChI=1S/C23H24N4O2/c1-3-4-9-21-25-19-11-10-16(14-20(19)26-21)24-22(28)12-13-27-15(2)17-7-5-6-8-18(17)23(27)29/h5-8,10-11,14H,2-4,9,12-13H2,1H3,(H,24,28)(H,25,26). The topological polar surface area (TPSA) is 78.1 Å². The van der Waals surface area contributed by atoms with Gasteiger partial charge in [-0.25, -0.2) is 4.98 Å². The minimum absolute atomic E-state index is 0.100. The lowest BCUT2D eigenvalue weighted by molar-refractivity contribution is -0.116. The number of H-pyrrole nitrogens is 1. The molecule has 0 saturated carbocycles. The van der Waals surface area contributed by atoms with Gasteiger partial charge in [-0.05, 0) is 30.7 Å². The lowest BCUT2D eigenvalue weighted by atomic mass is 10.1. The van der Waals surface area contributed by atoms with Crippen LogP contribution in [0, 0.1) is 0 Å². The van der Waals surface area contributed by atoms with E-state index in [4.69, 9.17) is 0 Å². The molecule has 1 aromatic heterocycles. The summed E-state index contributed by atoms with van der Waals surface area (Å²) in [6.07, 6.45) is 3.33. The molecule has 6 heteroatoms. The fourth-order valence-electron chi connectivity index (χ4n) is 3.61. The van der Waals surface area contributed by atoms with Crippen LogP contribution in [-0.2, 0) is 11.2 Å². The molecule has 0 unspecified atom stereocenters. The third kappa shape index (κ3) is 3.78. The van der Waals surface area contributed by atoms with Crippen molar-refractivity contribution >= 4 is 34.2 Å². The number of hydrogen-bond acceptors (Lipinski definition) is 3. The second-order valence-electron chi connectivity index (χ2n) is 7.27. The predicted molar refractivity (Wildman–Crippen MR) is 114 cm³/mol. The number of aromatic amines is 1. The number of benzene rings is 2. The van der Waals surface area contributed by atoms with Gasteiger partial charge in [0.1, 0.15) is 5.82 Å². The van der Waals surface area contributed by atoms with E-state index in [0.717, 1.165) is 41.7 Å². The Morgan fingerprint density at radius 2 is 2.00 bits per heavy atom. The molecule has 0 aliphatic carbocycles. The Kier molecular flexibility index (Phi) is 5.16. The summed E-state index contributed by atoms with van der Waals surface area (Å²) < 4.78 is 0. The first-order chi connectivity index (χ1) is 14.1. The zero-order chi connectivity index (χ0) is 20.4. The summed E-state index contributed by atoms with van der Waals surface area (Å²) in [4.78, 5) is 34.4. The van der Waals surface area contributed by atoms with Gasteiger partial charge in [0, 0.05) is 41.9 Å². The van der Waals surface area contributed by atoms with Crippen molar-refractivity contribution in [2.45, 2.75) is 32.6 Å². The molecule has 0 atom stereocenters. The molecule has 1 aliphatic heterocycles. The van der Waals surface area contributed by atoms with Crippen molar-refractivity contribution in [1.82, 2.24) is 14.9 Å². The molecule has 0 bridgehead atoms. The molecule has 0 saturated heterocycles. The maximum Gasteiger partial charge on any atom is 0.258 e. The van der Waals surface area contributed by atoms with Gasteiger partial charge in [-0.2, -0.15) is 0 Å². The highest BCUT2D eigenvalue weighted by atomic mass is 16.2. The van der Waals surface area contributed by atoms with Gasteiger partial charge in [-0.15, -0.1) is 0 Å². The quantitative estimate of drug-likeness (QED) is 0.631. The number of hydrogen-bond donors (Lipinski definition) is 2. The van der Waals surface area contributed by atoms with E-state index in [1.54, 1.807) is 11.0 Å². The van der Waals surface area contributed by atoms with Gasteiger partial charge in [-0.3, -0.25) is 9.59 Å². The molecule has 4 rings (SSSR count). The van der Waals surface area contributed by atoms with Crippen LogP contribution >= 0.6 is 0 Å². The fraction of sp³-hybridized carbons (Fsp3) is 0.261. The smallest absolute Gasteiger partial charge is 0.258 e. The maximum atomic E-state index is 12.5. The van der Waals surface area contributed by atoms with Crippen LogP contribution in [0.3, 0.4) is 0 Å². The van der Waals surface area contributed by atoms with Crippen molar-refractivity contribution in [2.75, 3.05) is 11.9 Å². The lowest BCUT2D eigenvalue weighted by Crippen LogP contribution is -2.27. The van der Waals surface area contributed by atoms with E-state index in [0.29, 0.717) is 23.5 Å². The number of carbonyl (C=O) groups excluding carboxylic acids is 2. The van der Waals surface area contributed by atoms with Gasteiger partial charge in [0.2, 0.25) is 5.91 Å². The number of aryl methyl sites for hydroxylation is 1. The van der Waals surface area contributed by atoms with Gasteiger partial charge >= 0.3 is 0 Å². The summed E-state index contributed by atoms with van der Waals surface area (Å²) in [6.45, 7) is 6.46. The number of nitrogens with zero attached hydrogens (tertiary/aromatic N) is 2. The molecule has 2 aromatic carbocycles. The summed E-state index contributed by atoms with van der Waals surface area (Å²) in [5.41, 5.74) is 4.64. The minimum Gasteiger partial charge on any atom is -0.342 e. The average Bonchev–Trinajstić information content (AvgIpc) is 3.23. The highest BCUT2D eigenvalue weighted by molar-refractivity contribution is 6.09. The number of unbranched alkanes of at least 4 members (excludes halogenated alkanes) is 1. The number of imidazole rings is 1. The second-order valence-corrected chi connectivity index (χ2v) is 7.27. The highest BCUT2D eigenvalue weighted by Crippen LogP contribution is 2.31. The lowest BCUT2D eigenvalue weighted by Gasteiger charge is -2.17. The normalized spacial score (nSPS) is 13.2. The van der Waals surface area contributed by atoms with Crippen molar-refractivity contribution in [1.29, 1.82) is 0 Å². The Balaban J connectivity index is 1.37. The molecule has 2 amide bonds. The molecular weight excluding hydrogens is 364 g/mol. The maximum absolute atomic E-state index is 12.5. The number of aromatic nitrogens is 2. The zero-order valence-electron chi connectivity index (χ0n) is 16.5. The molecule has 0 radical (unpaired) electrons. The molecule has 3 aromatic rings. The number of amides is 2. The van der Waals surface area contributed by atoms with Crippen molar-refractivity contribution in [3.63, 3.8) is 0 Å². The summed E-state index contributed by atoms with van der Waals surface area (Å²) in [6, 6.07) is 13.0. The number of nitrogens with one attached hydrogen (secondary N) is 2. The minimum atomic E-state index is -0.147. The van der Waals surface area contributed by atoms with E-state index in [-0.39, 0.29) is 18.2 Å². The Morgan fingerprint density at radius 1 is 1.21 bits per heavy atom. The molecule has 2 heterocycles. The number of fused-ring (bicyclic) bond motifs is 2. The van der Waals surface area contributed by atoms with Crippen LogP contribution in [-0.4, -0.2) is 33.2 Å². The van der Waals surface area contributed by atoms with Gasteiger partial charge in [0.25, 0.3) is 5.91 Å². The molecular formula is C23H24N4O2. The van der Waals surface area contributed by atoms with Crippen molar-refractivity contribution in [3.8, 4) is 0 Å². The number of carbonyl (C=O) groups is 2. The first-order valence-corrected chi connectivity index (χ1v) is 9.95. The second kappa shape index (κ2) is 7.91. The molecule has 29 heavy (non-hydrogen) atoms. The zero-order valence-corrected chi connectivity index (χ0v) is 16.5. The summed E-state index contributed by atoms with van der Waals surface area (Å²) >= 11 is 0. The molecule has 0 fully saturated rings. The molecule has 148 valence electrons. The first-order valence-electron chi connectivity index (χ1n) is 9.95. The largest absolute Gasteiger partial charge is 0.342 e. The molecule has 0 spiro atoms. The van der Waals surface area contributed by atoms with Crippen molar-refractivity contribution in [3.05, 3.63) is 66.0 Å². The van der Waals surface area contributed by atoms with Crippen LogP contribution in [0.5, 0.6) is 0 Å². The fourth-order valence-corrected chi connectivity index (χ4v) is 3.61. The van der Waals surface area contributed by atoms with Gasteiger partial charge in [0.05, 0.1) is 11.0 Å². The molecule has 2 N–H and O–H groups in total. The first kappa shape index (κ1) is 18.9. The molecule has 1 aliphatic rings. The summed E-state index contributed by atoms with van der Waals surface area (Å²) in [7, 11) is 0. The summed E-state index contributed by atoms with van der Waals surface area (Å²) in [5.74, 6) is 0.722. The van der Waals surface area contributed by atoms with Crippen LogP contribution in [0.4, 0.5) is 5.69 Å². The van der Waals surface area contributed by atoms with E-state index in [2.05, 4.69) is 28.8 Å². The van der Waals surface area contributed by atoms with Crippen LogP contribution in [0.25, 0.3) is 16.7 Å². The Bertz CT molecular complexity index is 1060. The van der Waals surface area contributed by atoms with Crippen molar-refractivity contribution < 1.29 is 9.59 Å². The Labute approximate surface area is 169 Å². The van der Waals surface area contributed by atoms with Crippen LogP contribution in [0.15, 0.2) is 49.0 Å². The Hall–Kier alpha value is -3.41. The van der Waals surface area contributed by atoms with Gasteiger partial charge in [-0.1, -0.05) is 38.1 Å². The predicted octanol–water partition coefficient (Wildman–Crippen LogP) is 4.36. The van der Waals surface area contributed by atoms with E-state index in [9.17, 15) is 9.59 Å². The monoisotopic (exact) mass is 388 g/mol. The van der Waals surface area contributed by atoms with Crippen LogP contribution < -0.4 is 5.32 Å². The highest BCUT2D eigenvalue weighted by Gasteiger charge is 2.30. The van der Waals surface area contributed by atoms with E-state index < -0.39 is 0 Å². The third-order valence-corrected chi connectivity index (χ3v) is 5.18. The average molecular weight is 388 g/mol. The van der Waals surface area contributed by atoms with Crippen molar-refractivity contribution in [2.24, 2.45) is 0 Å². The van der Waals surface area contributed by atoms with E-state index >= 15 is 0 Å². The number of rotatable bonds is 7. The van der Waals surface area contributed by atoms with Crippen LogP contribution in [0.2, 0.25) is 0 Å². The van der Waals surface area contributed by atoms with Gasteiger partial charge < -0.3 is 15.2 Å². The number of anilines is 1. The molecule has 6 nitrogen and oxygen atoms in total. The summed E-state index contributed by atoms with van der Waals surface area (Å²) in [5, 5.41) is 2.91. The van der Waals surface area contributed by atoms with E-state index in [1.807, 2.05) is 36.4 Å². The SMILES string of the molecule is C=C1c2ccccc2C(=O)N1CCC(=O)Nc1ccc2nc(CCCC)[nH]c2c1. The third-order valence-electron chi connectivity index (χ3n) is 5.18.